The molecule has 0 spiro atoms. The van der Waals surface area contributed by atoms with Crippen LogP contribution in [0.5, 0.6) is 0 Å². The predicted octanol–water partition coefficient (Wildman–Crippen LogP) is 2.76. The summed E-state index contributed by atoms with van der Waals surface area (Å²) in [5.74, 6) is -0.285. The smallest absolute Gasteiger partial charge is 0.271 e. The number of hydrogen-bond acceptors (Lipinski definition) is 4. The quantitative estimate of drug-likeness (QED) is 0.779. The van der Waals surface area contributed by atoms with E-state index in [0.29, 0.717) is 11.7 Å². The van der Waals surface area contributed by atoms with E-state index in [4.69, 9.17) is 0 Å². The van der Waals surface area contributed by atoms with Crippen LogP contribution in [0.25, 0.3) is 0 Å². The van der Waals surface area contributed by atoms with Gasteiger partial charge in [-0.1, -0.05) is 12.1 Å². The third kappa shape index (κ3) is 5.78. The minimum atomic E-state index is -0.202. The maximum absolute atomic E-state index is 13.0. The largest absolute Gasteiger partial charge is 0.348 e. The molecular formula is C21H29ClFN5O. The lowest BCUT2D eigenvalue weighted by molar-refractivity contribution is 0.0902. The molecule has 2 fully saturated rings. The molecule has 29 heavy (non-hydrogen) atoms. The molecule has 3 heterocycles. The van der Waals surface area contributed by atoms with E-state index in [1.54, 1.807) is 0 Å². The van der Waals surface area contributed by atoms with Crippen LogP contribution in [0.3, 0.4) is 0 Å². The first-order valence-electron chi connectivity index (χ1n) is 10.2. The van der Waals surface area contributed by atoms with Gasteiger partial charge in [-0.3, -0.25) is 14.4 Å². The van der Waals surface area contributed by atoms with E-state index >= 15 is 0 Å². The summed E-state index contributed by atoms with van der Waals surface area (Å²) >= 11 is 0. The Balaban J connectivity index is 0.00000240. The first kappa shape index (κ1) is 21.7. The number of hydrogen-bond donors (Lipinski definition) is 2. The highest BCUT2D eigenvalue weighted by atomic mass is 35.5. The van der Waals surface area contributed by atoms with Gasteiger partial charge in [0.05, 0.1) is 6.04 Å². The second-order valence-corrected chi connectivity index (χ2v) is 7.83. The Hall–Kier alpha value is -1.96. The zero-order valence-corrected chi connectivity index (χ0v) is 17.3. The van der Waals surface area contributed by atoms with Crippen LogP contribution in [0.2, 0.25) is 0 Å². The van der Waals surface area contributed by atoms with Gasteiger partial charge >= 0.3 is 0 Å². The van der Waals surface area contributed by atoms with Gasteiger partial charge in [0.1, 0.15) is 11.5 Å². The minimum Gasteiger partial charge on any atom is -0.348 e. The molecule has 0 saturated carbocycles. The number of amides is 1. The van der Waals surface area contributed by atoms with Crippen molar-refractivity contribution in [2.45, 2.75) is 44.3 Å². The molecular weight excluding hydrogens is 393 g/mol. The number of halogens is 2. The Morgan fingerprint density at radius 3 is 2.62 bits per heavy atom. The van der Waals surface area contributed by atoms with Gasteiger partial charge in [-0.25, -0.2) is 4.39 Å². The first-order chi connectivity index (χ1) is 13.7. The van der Waals surface area contributed by atoms with Crippen molar-refractivity contribution in [1.82, 2.24) is 25.3 Å². The van der Waals surface area contributed by atoms with E-state index < -0.39 is 0 Å². The zero-order valence-electron chi connectivity index (χ0n) is 16.5. The molecule has 2 aliphatic heterocycles. The van der Waals surface area contributed by atoms with Gasteiger partial charge in [-0.2, -0.15) is 5.10 Å². The number of piperidine rings is 2. The van der Waals surface area contributed by atoms with E-state index in [2.05, 4.69) is 20.6 Å². The van der Waals surface area contributed by atoms with Crippen molar-refractivity contribution in [3.63, 3.8) is 0 Å². The van der Waals surface area contributed by atoms with Crippen molar-refractivity contribution in [3.8, 4) is 0 Å². The molecule has 4 rings (SSSR count). The number of benzene rings is 1. The maximum atomic E-state index is 13.0. The van der Waals surface area contributed by atoms with Crippen LogP contribution in [0.4, 0.5) is 4.39 Å². The average molecular weight is 422 g/mol. The molecule has 2 N–H and O–H groups in total. The van der Waals surface area contributed by atoms with E-state index in [0.717, 1.165) is 64.0 Å². The van der Waals surface area contributed by atoms with Crippen LogP contribution in [-0.2, 0) is 6.54 Å². The van der Waals surface area contributed by atoms with Crippen LogP contribution in [0.1, 0.15) is 47.8 Å². The molecule has 6 nitrogen and oxygen atoms in total. The van der Waals surface area contributed by atoms with Crippen molar-refractivity contribution in [2.75, 3.05) is 26.2 Å². The lowest BCUT2D eigenvalue weighted by Crippen LogP contribution is -2.44. The first-order valence-corrected chi connectivity index (χ1v) is 10.2. The number of likely N-dealkylation sites (tertiary alicyclic amines) is 1. The second-order valence-electron chi connectivity index (χ2n) is 7.83. The van der Waals surface area contributed by atoms with Gasteiger partial charge < -0.3 is 10.6 Å². The Kier molecular flexibility index (Phi) is 7.64. The summed E-state index contributed by atoms with van der Waals surface area (Å²) in [5, 5.41) is 11.0. The van der Waals surface area contributed by atoms with E-state index in [-0.39, 0.29) is 30.2 Å². The molecule has 0 bridgehead atoms. The fourth-order valence-electron chi connectivity index (χ4n) is 4.06. The summed E-state index contributed by atoms with van der Waals surface area (Å²) in [7, 11) is 0. The number of carbonyl (C=O) groups is 1. The lowest BCUT2D eigenvalue weighted by atomic mass is 10.0. The average Bonchev–Trinajstić information content (AvgIpc) is 3.22. The topological polar surface area (TPSA) is 62.2 Å². The van der Waals surface area contributed by atoms with Crippen molar-refractivity contribution in [2.24, 2.45) is 0 Å². The van der Waals surface area contributed by atoms with Gasteiger partial charge in [0.25, 0.3) is 5.91 Å². The summed E-state index contributed by atoms with van der Waals surface area (Å²) in [6, 6.07) is 9.01. The molecule has 8 heteroatoms. The Morgan fingerprint density at radius 1 is 1.17 bits per heavy atom. The van der Waals surface area contributed by atoms with Crippen molar-refractivity contribution < 1.29 is 9.18 Å². The third-order valence-corrected chi connectivity index (χ3v) is 5.73. The van der Waals surface area contributed by atoms with Crippen LogP contribution >= 0.6 is 12.4 Å². The number of aromatic nitrogens is 2. The molecule has 1 aromatic carbocycles. The fraction of sp³-hybridized carbons (Fsp3) is 0.524. The number of rotatable bonds is 5. The number of nitrogens with zero attached hydrogens (tertiary/aromatic N) is 3. The molecule has 1 unspecified atom stereocenters. The Bertz CT molecular complexity index is 783. The second kappa shape index (κ2) is 10.2. The van der Waals surface area contributed by atoms with Gasteiger partial charge in [-0.05, 0) is 56.0 Å². The molecule has 1 amide bonds. The Morgan fingerprint density at radius 2 is 1.93 bits per heavy atom. The summed E-state index contributed by atoms with van der Waals surface area (Å²) in [6.07, 6.45) is 5.99. The minimum absolute atomic E-state index is 0. The van der Waals surface area contributed by atoms with Crippen molar-refractivity contribution >= 4 is 18.3 Å². The van der Waals surface area contributed by atoms with Crippen molar-refractivity contribution in [1.29, 1.82) is 0 Å². The molecule has 2 aromatic rings. The van der Waals surface area contributed by atoms with Crippen LogP contribution < -0.4 is 10.6 Å². The molecule has 2 saturated heterocycles. The molecule has 0 radical (unpaired) electrons. The highest BCUT2D eigenvalue weighted by molar-refractivity contribution is 5.92. The molecule has 0 aliphatic carbocycles. The molecule has 1 atom stereocenters. The zero-order chi connectivity index (χ0) is 19.3. The number of carbonyl (C=O) groups excluding carboxylic acids is 1. The third-order valence-electron chi connectivity index (χ3n) is 5.73. The molecule has 1 aromatic heterocycles. The highest BCUT2D eigenvalue weighted by Crippen LogP contribution is 2.17. The standard InChI is InChI=1S/C21H28FN5O.ClH/c22-17-5-3-16(4-6-17)15-26-11-7-18(8-12-26)24-21(28)20-9-13-27(25-20)19-2-1-10-23-14-19;/h3-6,9,13,18-19,23H,1-2,7-8,10-12,14-15H2,(H,24,28);1H. The highest BCUT2D eigenvalue weighted by Gasteiger charge is 2.23. The lowest BCUT2D eigenvalue weighted by Gasteiger charge is -2.32. The van der Waals surface area contributed by atoms with Gasteiger partial charge in [0.2, 0.25) is 0 Å². The van der Waals surface area contributed by atoms with Crippen LogP contribution in [0.15, 0.2) is 36.5 Å². The van der Waals surface area contributed by atoms with E-state index in [9.17, 15) is 9.18 Å². The summed E-state index contributed by atoms with van der Waals surface area (Å²) in [6.45, 7) is 4.63. The van der Waals surface area contributed by atoms with Crippen LogP contribution in [0, 0.1) is 5.82 Å². The van der Waals surface area contributed by atoms with Crippen molar-refractivity contribution in [3.05, 3.63) is 53.6 Å². The predicted molar refractivity (Wildman–Crippen MR) is 113 cm³/mol. The molecule has 158 valence electrons. The van der Waals surface area contributed by atoms with Gasteiger partial charge in [-0.15, -0.1) is 12.4 Å². The van der Waals surface area contributed by atoms with Gasteiger partial charge in [0.15, 0.2) is 0 Å². The van der Waals surface area contributed by atoms with E-state index in [1.165, 1.54) is 12.1 Å². The number of nitrogens with one attached hydrogen (secondary N) is 2. The van der Waals surface area contributed by atoms with Gasteiger partial charge in [0, 0.05) is 38.4 Å². The summed E-state index contributed by atoms with van der Waals surface area (Å²) < 4.78 is 14.9. The maximum Gasteiger partial charge on any atom is 0.271 e. The fourth-order valence-corrected chi connectivity index (χ4v) is 4.06. The summed E-state index contributed by atoms with van der Waals surface area (Å²) in [4.78, 5) is 14.9. The molecule has 2 aliphatic rings. The normalized spacial score (nSPS) is 20.8. The Labute approximate surface area is 177 Å². The van der Waals surface area contributed by atoms with Crippen LogP contribution in [-0.4, -0.2) is 52.8 Å². The monoisotopic (exact) mass is 421 g/mol. The SMILES string of the molecule is Cl.O=C(NC1CCN(Cc2ccc(F)cc2)CC1)c1ccn(C2CCCNC2)n1. The summed E-state index contributed by atoms with van der Waals surface area (Å²) in [5.41, 5.74) is 1.62. The van der Waals surface area contributed by atoms with E-state index in [1.807, 2.05) is 29.1 Å².